The van der Waals surface area contributed by atoms with Gasteiger partial charge in [0.25, 0.3) is 0 Å². The molecule has 0 heterocycles. The predicted octanol–water partition coefficient (Wildman–Crippen LogP) is 4.48. The van der Waals surface area contributed by atoms with Crippen LogP contribution in [-0.4, -0.2) is 11.1 Å². The summed E-state index contributed by atoms with van der Waals surface area (Å²) in [6, 6.07) is 7.87. The highest BCUT2D eigenvalue weighted by Gasteiger charge is 2.28. The Morgan fingerprint density at radius 3 is 2.67 bits per heavy atom. The van der Waals surface area contributed by atoms with Gasteiger partial charge in [0.05, 0.1) is 0 Å². The van der Waals surface area contributed by atoms with E-state index in [9.17, 15) is 4.79 Å². The lowest BCUT2D eigenvalue weighted by Gasteiger charge is -2.25. The molecule has 1 aliphatic rings. The van der Waals surface area contributed by atoms with E-state index in [1.807, 2.05) is 24.3 Å². The van der Waals surface area contributed by atoms with Crippen LogP contribution in [-0.2, 0) is 4.79 Å². The molecule has 1 saturated carbocycles. The van der Waals surface area contributed by atoms with Gasteiger partial charge in [-0.15, -0.1) is 0 Å². The smallest absolute Gasteiger partial charge is 0.303 e. The number of hydrogen-bond acceptors (Lipinski definition) is 1. The Bertz CT molecular complexity index is 417. The van der Waals surface area contributed by atoms with E-state index in [1.165, 1.54) is 12.8 Å². The average molecular weight is 267 g/mol. The van der Waals surface area contributed by atoms with Crippen molar-refractivity contribution < 1.29 is 9.90 Å². The Kier molecular flexibility index (Phi) is 4.65. The first-order chi connectivity index (χ1) is 8.68. The van der Waals surface area contributed by atoms with Crippen molar-refractivity contribution in [2.75, 3.05) is 0 Å². The summed E-state index contributed by atoms with van der Waals surface area (Å²) in [5.74, 6) is -0.166. The van der Waals surface area contributed by atoms with E-state index in [-0.39, 0.29) is 12.3 Å². The van der Waals surface area contributed by atoms with Crippen LogP contribution in [0, 0.1) is 5.92 Å². The topological polar surface area (TPSA) is 37.3 Å². The fourth-order valence-corrected chi connectivity index (χ4v) is 3.31. The summed E-state index contributed by atoms with van der Waals surface area (Å²) < 4.78 is 0. The third kappa shape index (κ3) is 3.26. The third-order valence-electron chi connectivity index (χ3n) is 3.90. The zero-order valence-electron chi connectivity index (χ0n) is 10.4. The predicted molar refractivity (Wildman–Crippen MR) is 73.0 cm³/mol. The first kappa shape index (κ1) is 13.4. The Labute approximate surface area is 113 Å². The first-order valence-corrected chi connectivity index (χ1v) is 7.02. The maximum atomic E-state index is 11.0. The minimum Gasteiger partial charge on any atom is -0.481 e. The Balaban J connectivity index is 2.25. The molecule has 0 aromatic heterocycles. The van der Waals surface area contributed by atoms with E-state index in [0.29, 0.717) is 5.92 Å². The summed E-state index contributed by atoms with van der Waals surface area (Å²) in [7, 11) is 0. The number of benzene rings is 1. The van der Waals surface area contributed by atoms with Crippen LogP contribution in [0.15, 0.2) is 24.3 Å². The van der Waals surface area contributed by atoms with Crippen LogP contribution in [0.4, 0.5) is 0 Å². The fraction of sp³-hybridized carbons (Fsp3) is 0.533. The molecule has 2 rings (SSSR count). The van der Waals surface area contributed by atoms with E-state index >= 15 is 0 Å². The van der Waals surface area contributed by atoms with Crippen molar-refractivity contribution in [1.82, 2.24) is 0 Å². The highest BCUT2D eigenvalue weighted by atomic mass is 35.5. The molecule has 18 heavy (non-hydrogen) atoms. The number of carboxylic acid groups (broad SMARTS) is 1. The van der Waals surface area contributed by atoms with Crippen molar-refractivity contribution in [2.24, 2.45) is 5.92 Å². The molecule has 98 valence electrons. The van der Waals surface area contributed by atoms with Gasteiger partial charge in [0, 0.05) is 11.4 Å². The van der Waals surface area contributed by atoms with Crippen molar-refractivity contribution in [3.63, 3.8) is 0 Å². The van der Waals surface area contributed by atoms with E-state index < -0.39 is 5.97 Å². The lowest BCUT2D eigenvalue weighted by atomic mass is 9.80. The molecular weight excluding hydrogens is 248 g/mol. The number of aliphatic carboxylic acids is 1. The zero-order valence-corrected chi connectivity index (χ0v) is 11.2. The van der Waals surface area contributed by atoms with Crippen molar-refractivity contribution >= 4 is 17.6 Å². The van der Waals surface area contributed by atoms with Gasteiger partial charge in [-0.2, -0.15) is 0 Å². The maximum Gasteiger partial charge on any atom is 0.303 e. The monoisotopic (exact) mass is 266 g/mol. The first-order valence-electron chi connectivity index (χ1n) is 6.64. The highest BCUT2D eigenvalue weighted by molar-refractivity contribution is 6.31. The number of carboxylic acids is 1. The molecule has 0 radical (unpaired) electrons. The summed E-state index contributed by atoms with van der Waals surface area (Å²) >= 11 is 6.27. The van der Waals surface area contributed by atoms with Gasteiger partial charge in [0.15, 0.2) is 0 Å². The van der Waals surface area contributed by atoms with Crippen molar-refractivity contribution in [1.29, 1.82) is 0 Å². The summed E-state index contributed by atoms with van der Waals surface area (Å²) in [6.07, 6.45) is 5.84. The molecule has 1 aromatic rings. The largest absolute Gasteiger partial charge is 0.481 e. The van der Waals surface area contributed by atoms with Crippen LogP contribution in [0.3, 0.4) is 0 Å². The molecule has 2 nitrogen and oxygen atoms in total. The van der Waals surface area contributed by atoms with Crippen LogP contribution in [0.1, 0.15) is 50.0 Å². The van der Waals surface area contributed by atoms with Gasteiger partial charge < -0.3 is 5.11 Å². The quantitative estimate of drug-likeness (QED) is 0.819. The molecule has 0 spiro atoms. The van der Waals surface area contributed by atoms with Gasteiger partial charge in [-0.05, 0) is 36.3 Å². The van der Waals surface area contributed by atoms with Gasteiger partial charge >= 0.3 is 5.97 Å². The number of hydrogen-bond donors (Lipinski definition) is 1. The Morgan fingerprint density at radius 1 is 1.22 bits per heavy atom. The minimum absolute atomic E-state index is 0.227. The summed E-state index contributed by atoms with van der Waals surface area (Å²) in [6.45, 7) is 0. The second-order valence-electron chi connectivity index (χ2n) is 5.12. The standard InChI is InChI=1S/C15H19ClO2/c16-14-9-5-4-8-13(14)12-7-3-1-2-6-11(12)10-15(17)18/h4-5,8-9,11-12H,1-3,6-7,10H2,(H,17,18). The van der Waals surface area contributed by atoms with Gasteiger partial charge in [-0.25, -0.2) is 0 Å². The Morgan fingerprint density at radius 2 is 1.94 bits per heavy atom. The molecular formula is C15H19ClO2. The molecule has 1 aliphatic carbocycles. The van der Waals surface area contributed by atoms with Gasteiger partial charge in [0.1, 0.15) is 0 Å². The van der Waals surface area contributed by atoms with Crippen LogP contribution in [0.2, 0.25) is 5.02 Å². The lowest BCUT2D eigenvalue weighted by Crippen LogP contribution is -2.16. The third-order valence-corrected chi connectivity index (χ3v) is 4.24. The normalized spacial score (nSPS) is 24.5. The molecule has 3 heteroatoms. The van der Waals surface area contributed by atoms with E-state index in [1.54, 1.807) is 0 Å². The van der Waals surface area contributed by atoms with Crippen molar-refractivity contribution in [2.45, 2.75) is 44.4 Å². The summed E-state index contributed by atoms with van der Waals surface area (Å²) in [4.78, 5) is 11.0. The molecule has 0 saturated heterocycles. The molecule has 1 N–H and O–H groups in total. The van der Waals surface area contributed by atoms with Gasteiger partial charge in [0.2, 0.25) is 0 Å². The molecule has 2 unspecified atom stereocenters. The molecule has 0 aliphatic heterocycles. The highest BCUT2D eigenvalue weighted by Crippen LogP contribution is 2.40. The van der Waals surface area contributed by atoms with Gasteiger partial charge in [-0.1, -0.05) is 49.1 Å². The lowest BCUT2D eigenvalue weighted by molar-refractivity contribution is -0.138. The molecule has 0 bridgehead atoms. The van der Waals surface area contributed by atoms with Gasteiger partial charge in [-0.3, -0.25) is 4.79 Å². The van der Waals surface area contributed by atoms with Crippen LogP contribution >= 0.6 is 11.6 Å². The minimum atomic E-state index is -0.695. The zero-order chi connectivity index (χ0) is 13.0. The maximum absolute atomic E-state index is 11.0. The number of halogens is 1. The molecule has 2 atom stereocenters. The summed E-state index contributed by atoms with van der Waals surface area (Å²) in [5, 5.41) is 9.84. The second kappa shape index (κ2) is 6.24. The Hall–Kier alpha value is -1.02. The fourth-order valence-electron chi connectivity index (χ4n) is 3.04. The van der Waals surface area contributed by atoms with Crippen LogP contribution in [0.25, 0.3) is 0 Å². The molecule has 1 aromatic carbocycles. The van der Waals surface area contributed by atoms with E-state index in [2.05, 4.69) is 0 Å². The van der Waals surface area contributed by atoms with E-state index in [4.69, 9.17) is 16.7 Å². The van der Waals surface area contributed by atoms with Crippen molar-refractivity contribution in [3.05, 3.63) is 34.9 Å². The number of rotatable bonds is 3. The SMILES string of the molecule is O=C(O)CC1CCCCCC1c1ccccc1Cl. The van der Waals surface area contributed by atoms with Crippen LogP contribution < -0.4 is 0 Å². The molecule has 1 fully saturated rings. The van der Waals surface area contributed by atoms with Crippen LogP contribution in [0.5, 0.6) is 0 Å². The second-order valence-corrected chi connectivity index (χ2v) is 5.53. The average Bonchev–Trinajstić information content (AvgIpc) is 2.55. The van der Waals surface area contributed by atoms with E-state index in [0.717, 1.165) is 29.8 Å². The number of carbonyl (C=O) groups is 1. The van der Waals surface area contributed by atoms with Crippen molar-refractivity contribution in [3.8, 4) is 0 Å². The molecule has 0 amide bonds. The summed E-state index contributed by atoms with van der Waals surface area (Å²) in [5.41, 5.74) is 1.13.